The third kappa shape index (κ3) is 6.12. The van der Waals surface area contributed by atoms with Gasteiger partial charge in [0.1, 0.15) is 11.3 Å². The number of amides is 1. The Kier molecular flexibility index (Phi) is 7.29. The highest BCUT2D eigenvalue weighted by atomic mass is 35.5. The van der Waals surface area contributed by atoms with E-state index in [-0.39, 0.29) is 18.1 Å². The number of benzene rings is 2. The van der Waals surface area contributed by atoms with E-state index in [0.717, 1.165) is 12.8 Å². The molecule has 0 heterocycles. The van der Waals surface area contributed by atoms with E-state index in [0.29, 0.717) is 17.3 Å². The fourth-order valence-electron chi connectivity index (χ4n) is 2.26. The monoisotopic (exact) mass is 361 g/mol. The Morgan fingerprint density at radius 3 is 2.60 bits per heavy atom. The first kappa shape index (κ1) is 18.8. The van der Waals surface area contributed by atoms with Crippen molar-refractivity contribution in [2.75, 3.05) is 20.3 Å². The maximum Gasteiger partial charge on any atom is 0.342 e. The average molecular weight is 362 g/mol. The van der Waals surface area contributed by atoms with E-state index in [1.807, 2.05) is 30.3 Å². The van der Waals surface area contributed by atoms with E-state index in [1.54, 1.807) is 12.1 Å². The Morgan fingerprint density at radius 2 is 1.88 bits per heavy atom. The summed E-state index contributed by atoms with van der Waals surface area (Å²) in [6, 6.07) is 14.6. The second-order valence-corrected chi connectivity index (χ2v) is 5.80. The van der Waals surface area contributed by atoms with Crippen LogP contribution < -0.4 is 10.1 Å². The van der Waals surface area contributed by atoms with Crippen molar-refractivity contribution in [2.45, 2.75) is 12.8 Å². The van der Waals surface area contributed by atoms with Gasteiger partial charge in [-0.15, -0.1) is 0 Å². The molecule has 0 aliphatic carbocycles. The highest BCUT2D eigenvalue weighted by molar-refractivity contribution is 6.31. The number of carbonyl (C=O) groups is 2. The average Bonchev–Trinajstić information content (AvgIpc) is 2.64. The van der Waals surface area contributed by atoms with Gasteiger partial charge in [-0.2, -0.15) is 0 Å². The molecule has 0 spiro atoms. The molecular formula is C19H20ClNO4. The van der Waals surface area contributed by atoms with E-state index in [9.17, 15) is 9.59 Å². The van der Waals surface area contributed by atoms with Gasteiger partial charge in [-0.05, 0) is 36.6 Å². The zero-order chi connectivity index (χ0) is 18.1. The summed E-state index contributed by atoms with van der Waals surface area (Å²) in [4.78, 5) is 23.8. The number of esters is 1. The molecule has 25 heavy (non-hydrogen) atoms. The number of halogens is 1. The summed E-state index contributed by atoms with van der Waals surface area (Å²) in [5, 5.41) is 3.11. The van der Waals surface area contributed by atoms with E-state index in [2.05, 4.69) is 5.32 Å². The van der Waals surface area contributed by atoms with Crippen molar-refractivity contribution in [1.82, 2.24) is 5.32 Å². The molecule has 0 radical (unpaired) electrons. The lowest BCUT2D eigenvalue weighted by molar-refractivity contribution is -0.124. The number of carbonyl (C=O) groups excluding carboxylic acids is 2. The number of hydrogen-bond acceptors (Lipinski definition) is 4. The standard InChI is InChI=1S/C19H20ClNO4/c1-24-17-10-9-15(20)12-16(17)19(23)25-13-18(22)21-11-5-8-14-6-3-2-4-7-14/h2-4,6-7,9-10,12H,5,8,11,13H2,1H3,(H,21,22). The molecule has 0 aliphatic rings. The summed E-state index contributed by atoms with van der Waals surface area (Å²) in [6.07, 6.45) is 1.69. The molecule has 1 N–H and O–H groups in total. The maximum atomic E-state index is 12.1. The second kappa shape index (κ2) is 9.69. The van der Waals surface area contributed by atoms with Crippen molar-refractivity contribution in [3.8, 4) is 5.75 Å². The maximum absolute atomic E-state index is 12.1. The van der Waals surface area contributed by atoms with Gasteiger partial charge < -0.3 is 14.8 Å². The molecule has 0 aromatic heterocycles. The summed E-state index contributed by atoms with van der Waals surface area (Å²) in [6.45, 7) is 0.172. The molecule has 132 valence electrons. The predicted octanol–water partition coefficient (Wildman–Crippen LogP) is 3.25. The molecule has 2 rings (SSSR count). The smallest absolute Gasteiger partial charge is 0.342 e. The summed E-state index contributed by atoms with van der Waals surface area (Å²) in [7, 11) is 1.44. The fraction of sp³-hybridized carbons (Fsp3) is 0.263. The van der Waals surface area contributed by atoms with Crippen molar-refractivity contribution < 1.29 is 19.1 Å². The Bertz CT molecular complexity index is 719. The molecule has 2 aromatic rings. The first-order valence-electron chi connectivity index (χ1n) is 7.91. The second-order valence-electron chi connectivity index (χ2n) is 5.36. The van der Waals surface area contributed by atoms with Crippen molar-refractivity contribution >= 4 is 23.5 Å². The van der Waals surface area contributed by atoms with E-state index in [4.69, 9.17) is 21.1 Å². The van der Waals surface area contributed by atoms with Gasteiger partial charge in [0, 0.05) is 11.6 Å². The zero-order valence-electron chi connectivity index (χ0n) is 14.0. The number of methoxy groups -OCH3 is 1. The molecule has 0 unspecified atom stereocenters. The quantitative estimate of drug-likeness (QED) is 0.579. The van der Waals surface area contributed by atoms with Crippen molar-refractivity contribution in [1.29, 1.82) is 0 Å². The van der Waals surface area contributed by atoms with Crippen LogP contribution in [0.15, 0.2) is 48.5 Å². The SMILES string of the molecule is COc1ccc(Cl)cc1C(=O)OCC(=O)NCCCc1ccccc1. The van der Waals surface area contributed by atoms with Crippen LogP contribution in [0.1, 0.15) is 22.3 Å². The van der Waals surface area contributed by atoms with Gasteiger partial charge in [-0.3, -0.25) is 4.79 Å². The molecule has 5 nitrogen and oxygen atoms in total. The molecule has 0 fully saturated rings. The van der Waals surface area contributed by atoms with Crippen LogP contribution in [-0.2, 0) is 16.0 Å². The lowest BCUT2D eigenvalue weighted by atomic mass is 10.1. The van der Waals surface area contributed by atoms with E-state index < -0.39 is 5.97 Å². The number of hydrogen-bond donors (Lipinski definition) is 1. The largest absolute Gasteiger partial charge is 0.496 e. The zero-order valence-corrected chi connectivity index (χ0v) is 14.7. The number of nitrogens with one attached hydrogen (secondary N) is 1. The van der Waals surface area contributed by atoms with Crippen molar-refractivity contribution in [2.24, 2.45) is 0 Å². The van der Waals surface area contributed by atoms with Crippen LogP contribution in [0, 0.1) is 0 Å². The third-order valence-corrected chi connectivity index (χ3v) is 3.76. The van der Waals surface area contributed by atoms with Crippen LogP contribution in [-0.4, -0.2) is 32.1 Å². The van der Waals surface area contributed by atoms with Crippen LogP contribution in [0.3, 0.4) is 0 Å². The molecule has 0 saturated carbocycles. The van der Waals surface area contributed by atoms with Gasteiger partial charge in [0.05, 0.1) is 7.11 Å². The first-order chi connectivity index (χ1) is 12.1. The molecule has 0 bridgehead atoms. The van der Waals surface area contributed by atoms with Crippen molar-refractivity contribution in [3.63, 3.8) is 0 Å². The van der Waals surface area contributed by atoms with Crippen LogP contribution in [0.2, 0.25) is 5.02 Å². The molecular weight excluding hydrogens is 342 g/mol. The number of ether oxygens (including phenoxy) is 2. The van der Waals surface area contributed by atoms with Gasteiger partial charge in [0.15, 0.2) is 6.61 Å². The van der Waals surface area contributed by atoms with Crippen LogP contribution >= 0.6 is 11.6 Å². The fourth-order valence-corrected chi connectivity index (χ4v) is 2.44. The summed E-state index contributed by atoms with van der Waals surface area (Å²) in [5.74, 6) is -0.654. The van der Waals surface area contributed by atoms with Crippen LogP contribution in [0.5, 0.6) is 5.75 Å². The molecule has 0 aliphatic heterocycles. The van der Waals surface area contributed by atoms with Crippen molar-refractivity contribution in [3.05, 3.63) is 64.7 Å². The van der Waals surface area contributed by atoms with Gasteiger partial charge in [0.25, 0.3) is 5.91 Å². The molecule has 0 saturated heterocycles. The lowest BCUT2D eigenvalue weighted by Gasteiger charge is -2.09. The minimum atomic E-state index is -0.654. The van der Waals surface area contributed by atoms with E-state index in [1.165, 1.54) is 18.7 Å². The minimum absolute atomic E-state index is 0.187. The van der Waals surface area contributed by atoms with Gasteiger partial charge in [-0.25, -0.2) is 4.79 Å². The molecule has 2 aromatic carbocycles. The summed E-state index contributed by atoms with van der Waals surface area (Å²) < 4.78 is 10.1. The number of rotatable bonds is 8. The first-order valence-corrected chi connectivity index (χ1v) is 8.29. The number of aryl methyl sites for hydroxylation is 1. The topological polar surface area (TPSA) is 64.6 Å². The summed E-state index contributed by atoms with van der Waals surface area (Å²) >= 11 is 5.87. The molecule has 0 atom stereocenters. The van der Waals surface area contributed by atoms with Gasteiger partial charge >= 0.3 is 5.97 Å². The lowest BCUT2D eigenvalue weighted by Crippen LogP contribution is -2.29. The summed E-state index contributed by atoms with van der Waals surface area (Å²) in [5.41, 5.74) is 1.41. The highest BCUT2D eigenvalue weighted by Crippen LogP contribution is 2.23. The Balaban J connectivity index is 1.72. The van der Waals surface area contributed by atoms with Gasteiger partial charge in [-0.1, -0.05) is 41.9 Å². The molecule has 1 amide bonds. The normalized spacial score (nSPS) is 10.2. The Labute approximate surface area is 151 Å². The Morgan fingerprint density at radius 1 is 1.12 bits per heavy atom. The van der Waals surface area contributed by atoms with E-state index >= 15 is 0 Å². The minimum Gasteiger partial charge on any atom is -0.496 e. The highest BCUT2D eigenvalue weighted by Gasteiger charge is 2.15. The third-order valence-electron chi connectivity index (χ3n) is 3.52. The molecule has 6 heteroatoms. The Hall–Kier alpha value is -2.53. The van der Waals surface area contributed by atoms with Crippen LogP contribution in [0.25, 0.3) is 0 Å². The predicted molar refractivity (Wildman–Crippen MR) is 96.1 cm³/mol. The van der Waals surface area contributed by atoms with Gasteiger partial charge in [0.2, 0.25) is 0 Å². The van der Waals surface area contributed by atoms with Crippen LogP contribution in [0.4, 0.5) is 0 Å².